The first-order chi connectivity index (χ1) is 15.5. The number of carboxylic acids is 1. The van der Waals surface area contributed by atoms with Crippen LogP contribution in [0, 0.1) is 17.8 Å². The number of rotatable bonds is 5. The Morgan fingerprint density at radius 2 is 1.88 bits per heavy atom. The number of halogens is 3. The molecule has 3 aliphatic rings. The van der Waals surface area contributed by atoms with Crippen molar-refractivity contribution in [3.8, 4) is 0 Å². The maximum Gasteiger partial charge on any atom is 0.416 e. The number of benzene rings is 1. The molecule has 1 aromatic carbocycles. The van der Waals surface area contributed by atoms with E-state index < -0.39 is 58.9 Å². The van der Waals surface area contributed by atoms with Gasteiger partial charge in [-0.2, -0.15) is 13.2 Å². The summed E-state index contributed by atoms with van der Waals surface area (Å²) in [5.41, 5.74) is -2.46. The topological polar surface area (TPSA) is 86.7 Å². The molecule has 2 heterocycles. The first kappa shape index (κ1) is 23.7. The largest absolute Gasteiger partial charge is 0.480 e. The fourth-order valence-corrected chi connectivity index (χ4v) is 6.04. The Bertz CT molecular complexity index is 959. The lowest BCUT2D eigenvalue weighted by Gasteiger charge is -2.37. The standard InChI is InChI=1S/C24H29F3N2O4/c1-3-13(2)23(22(32)33)18-17(20(30)29(21(18)31)16-10-5-4-6-11-16)19(28-23)14-8-7-9-15(12-14)24(25,26)27/h7-9,12-13,16-19,28H,3-6,10-11H2,1-2H3,(H,32,33). The van der Waals surface area contributed by atoms with E-state index in [2.05, 4.69) is 5.32 Å². The fraction of sp³-hybridized carbons (Fsp3) is 0.625. The van der Waals surface area contributed by atoms with Crippen molar-refractivity contribution in [1.29, 1.82) is 0 Å². The van der Waals surface area contributed by atoms with Gasteiger partial charge < -0.3 is 5.11 Å². The molecule has 1 aromatic rings. The summed E-state index contributed by atoms with van der Waals surface area (Å²) in [6.07, 6.45) is -0.0610. The summed E-state index contributed by atoms with van der Waals surface area (Å²) in [7, 11) is 0. The number of carbonyl (C=O) groups is 3. The highest BCUT2D eigenvalue weighted by atomic mass is 19.4. The van der Waals surface area contributed by atoms with Crippen LogP contribution in [0.2, 0.25) is 0 Å². The van der Waals surface area contributed by atoms with Gasteiger partial charge in [-0.05, 0) is 36.5 Å². The molecule has 4 rings (SSSR count). The van der Waals surface area contributed by atoms with Gasteiger partial charge in [0.2, 0.25) is 11.8 Å². The molecule has 6 nitrogen and oxygen atoms in total. The van der Waals surface area contributed by atoms with Crippen LogP contribution >= 0.6 is 0 Å². The third-order valence-electron chi connectivity index (χ3n) is 7.89. The van der Waals surface area contributed by atoms with Gasteiger partial charge in [0.05, 0.1) is 17.4 Å². The average molecular weight is 467 g/mol. The summed E-state index contributed by atoms with van der Waals surface area (Å²) in [4.78, 5) is 41.2. The van der Waals surface area contributed by atoms with Crippen LogP contribution in [0.3, 0.4) is 0 Å². The lowest BCUT2D eigenvalue weighted by molar-refractivity contribution is -0.155. The second kappa shape index (κ2) is 8.42. The quantitative estimate of drug-likeness (QED) is 0.637. The number of likely N-dealkylation sites (tertiary alicyclic amines) is 1. The molecule has 1 aliphatic carbocycles. The number of nitrogens with one attached hydrogen (secondary N) is 1. The predicted octanol–water partition coefficient (Wildman–Crippen LogP) is 4.15. The van der Waals surface area contributed by atoms with Crippen LogP contribution in [-0.4, -0.2) is 39.4 Å². The summed E-state index contributed by atoms with van der Waals surface area (Å²) in [6, 6.07) is 3.30. The van der Waals surface area contributed by atoms with Crippen LogP contribution in [0.1, 0.15) is 69.5 Å². The lowest BCUT2D eigenvalue weighted by atomic mass is 9.72. The Balaban J connectivity index is 1.84. The zero-order valence-corrected chi connectivity index (χ0v) is 18.7. The number of nitrogens with zero attached hydrogens (tertiary/aromatic N) is 1. The second-order valence-corrected chi connectivity index (χ2v) is 9.57. The number of alkyl halides is 3. The summed E-state index contributed by atoms with van der Waals surface area (Å²) >= 11 is 0. The molecule has 9 heteroatoms. The minimum atomic E-state index is -4.59. The van der Waals surface area contributed by atoms with Gasteiger partial charge in [-0.25, -0.2) is 0 Å². The molecule has 5 atom stereocenters. The highest BCUT2D eigenvalue weighted by Crippen LogP contribution is 2.53. The van der Waals surface area contributed by atoms with E-state index in [1.807, 2.05) is 0 Å². The van der Waals surface area contributed by atoms with Crippen LogP contribution in [0.25, 0.3) is 0 Å². The molecule has 2 N–H and O–H groups in total. The normalized spacial score (nSPS) is 31.7. The highest BCUT2D eigenvalue weighted by Gasteiger charge is 2.70. The van der Waals surface area contributed by atoms with Crippen molar-refractivity contribution in [3.05, 3.63) is 35.4 Å². The molecule has 0 spiro atoms. The van der Waals surface area contributed by atoms with E-state index in [1.165, 1.54) is 17.0 Å². The summed E-state index contributed by atoms with van der Waals surface area (Å²) in [6.45, 7) is 3.50. The van der Waals surface area contributed by atoms with Gasteiger partial charge in [0.1, 0.15) is 5.54 Å². The predicted molar refractivity (Wildman–Crippen MR) is 113 cm³/mol. The smallest absolute Gasteiger partial charge is 0.416 e. The number of amides is 2. The Labute approximate surface area is 190 Å². The van der Waals surface area contributed by atoms with E-state index in [9.17, 15) is 32.7 Å². The molecule has 0 aromatic heterocycles. The number of carbonyl (C=O) groups excluding carboxylic acids is 2. The fourth-order valence-electron chi connectivity index (χ4n) is 6.04. The zero-order valence-electron chi connectivity index (χ0n) is 18.7. The molecular formula is C24H29F3N2O4. The maximum absolute atomic E-state index is 13.7. The Hall–Kier alpha value is -2.42. The van der Waals surface area contributed by atoms with E-state index in [1.54, 1.807) is 13.8 Å². The van der Waals surface area contributed by atoms with E-state index in [-0.39, 0.29) is 11.6 Å². The van der Waals surface area contributed by atoms with E-state index >= 15 is 0 Å². The van der Waals surface area contributed by atoms with Gasteiger partial charge in [-0.1, -0.05) is 51.7 Å². The van der Waals surface area contributed by atoms with Gasteiger partial charge in [-0.15, -0.1) is 0 Å². The molecule has 2 amide bonds. The first-order valence-corrected chi connectivity index (χ1v) is 11.6. The molecule has 0 radical (unpaired) electrons. The van der Waals surface area contributed by atoms with Gasteiger partial charge >= 0.3 is 12.1 Å². The monoisotopic (exact) mass is 466 g/mol. The van der Waals surface area contributed by atoms with Crippen LogP contribution in [0.4, 0.5) is 13.2 Å². The van der Waals surface area contributed by atoms with Crippen LogP contribution < -0.4 is 5.32 Å². The molecule has 2 saturated heterocycles. The summed E-state index contributed by atoms with van der Waals surface area (Å²) < 4.78 is 40.2. The Morgan fingerprint density at radius 3 is 2.45 bits per heavy atom. The van der Waals surface area contributed by atoms with Crippen molar-refractivity contribution in [2.45, 2.75) is 76.2 Å². The highest BCUT2D eigenvalue weighted by molar-refractivity contribution is 6.09. The van der Waals surface area contributed by atoms with Crippen LogP contribution in [-0.2, 0) is 20.6 Å². The number of carboxylic acid groups (broad SMARTS) is 1. The first-order valence-electron chi connectivity index (χ1n) is 11.6. The van der Waals surface area contributed by atoms with Crippen molar-refractivity contribution < 1.29 is 32.7 Å². The van der Waals surface area contributed by atoms with E-state index in [0.717, 1.165) is 31.4 Å². The Morgan fingerprint density at radius 1 is 1.21 bits per heavy atom. The summed E-state index contributed by atoms with van der Waals surface area (Å²) in [5.74, 6) is -5.00. The minimum absolute atomic E-state index is 0.165. The third kappa shape index (κ3) is 3.64. The maximum atomic E-state index is 13.7. The van der Waals surface area contributed by atoms with Crippen molar-refractivity contribution in [2.24, 2.45) is 17.8 Å². The molecule has 1 saturated carbocycles. The lowest BCUT2D eigenvalue weighted by Crippen LogP contribution is -2.60. The van der Waals surface area contributed by atoms with Crippen molar-refractivity contribution in [2.75, 3.05) is 0 Å². The second-order valence-electron chi connectivity index (χ2n) is 9.57. The molecule has 5 unspecified atom stereocenters. The molecule has 2 aliphatic heterocycles. The van der Waals surface area contributed by atoms with E-state index in [0.29, 0.717) is 19.3 Å². The van der Waals surface area contributed by atoms with Gasteiger partial charge in [0.25, 0.3) is 0 Å². The van der Waals surface area contributed by atoms with Crippen molar-refractivity contribution >= 4 is 17.8 Å². The minimum Gasteiger partial charge on any atom is -0.480 e. The summed E-state index contributed by atoms with van der Waals surface area (Å²) in [5, 5.41) is 13.3. The molecular weight excluding hydrogens is 437 g/mol. The van der Waals surface area contributed by atoms with Crippen molar-refractivity contribution in [3.63, 3.8) is 0 Å². The zero-order chi connectivity index (χ0) is 24.1. The molecule has 180 valence electrons. The number of hydrogen-bond acceptors (Lipinski definition) is 4. The van der Waals surface area contributed by atoms with Gasteiger partial charge in [0.15, 0.2) is 0 Å². The number of fused-ring (bicyclic) bond motifs is 1. The molecule has 33 heavy (non-hydrogen) atoms. The Kier molecular flexibility index (Phi) is 6.05. The van der Waals surface area contributed by atoms with Gasteiger partial charge in [-0.3, -0.25) is 24.6 Å². The number of hydrogen-bond donors (Lipinski definition) is 2. The average Bonchev–Trinajstić information content (AvgIpc) is 3.28. The van der Waals surface area contributed by atoms with E-state index in [4.69, 9.17) is 0 Å². The van der Waals surface area contributed by atoms with Crippen LogP contribution in [0.5, 0.6) is 0 Å². The van der Waals surface area contributed by atoms with Crippen LogP contribution in [0.15, 0.2) is 24.3 Å². The molecule has 3 fully saturated rings. The van der Waals surface area contributed by atoms with Crippen molar-refractivity contribution in [1.82, 2.24) is 10.2 Å². The third-order valence-corrected chi connectivity index (χ3v) is 7.89. The number of imide groups is 1. The SMILES string of the molecule is CCC(C)C1(C(=O)O)NC(c2cccc(C(F)(F)F)c2)C2C(=O)N(C3CCCCC3)C(=O)C21. The number of aliphatic carboxylic acids is 1. The molecule has 0 bridgehead atoms. The van der Waals surface area contributed by atoms with Gasteiger partial charge in [0, 0.05) is 12.1 Å².